The number of rotatable bonds is 3. The van der Waals surface area contributed by atoms with Crippen LogP contribution in [0.3, 0.4) is 0 Å². The lowest BCUT2D eigenvalue weighted by molar-refractivity contribution is -0.147. The van der Waals surface area contributed by atoms with Gasteiger partial charge in [-0.15, -0.1) is 0 Å². The van der Waals surface area contributed by atoms with E-state index < -0.39 is 11.5 Å². The van der Waals surface area contributed by atoms with Gasteiger partial charge in [0.2, 0.25) is 0 Å². The fourth-order valence-electron chi connectivity index (χ4n) is 1.99. The molecule has 0 amide bonds. The van der Waals surface area contributed by atoms with E-state index in [1.807, 2.05) is 26.8 Å². The third kappa shape index (κ3) is 2.61. The maximum Gasteiger partial charge on any atom is 0.334 e. The Balaban J connectivity index is 3.02. The number of carbonyl (C=O) groups is 2. The Kier molecular flexibility index (Phi) is 4.28. The fourth-order valence-corrected chi connectivity index (χ4v) is 1.99. The zero-order chi connectivity index (χ0) is 13.9. The molecular weight excluding hydrogens is 228 g/mol. The van der Waals surface area contributed by atoms with Crippen LogP contribution < -0.4 is 0 Å². The molecule has 0 fully saturated rings. The van der Waals surface area contributed by atoms with Crippen LogP contribution in [-0.4, -0.2) is 18.4 Å². The van der Waals surface area contributed by atoms with Gasteiger partial charge in [-0.1, -0.05) is 32.1 Å². The second kappa shape index (κ2) is 5.34. The van der Waals surface area contributed by atoms with Crippen molar-refractivity contribution in [3.05, 3.63) is 34.9 Å². The van der Waals surface area contributed by atoms with Gasteiger partial charge in [0.1, 0.15) is 12.4 Å². The molecule has 0 heterocycles. The zero-order valence-corrected chi connectivity index (χ0v) is 11.6. The highest BCUT2D eigenvalue weighted by Crippen LogP contribution is 2.38. The number of aldehydes is 1. The van der Waals surface area contributed by atoms with E-state index in [0.717, 1.165) is 11.9 Å². The van der Waals surface area contributed by atoms with E-state index in [1.54, 1.807) is 26.0 Å². The highest BCUT2D eigenvalue weighted by atomic mass is 16.5. The molecule has 3 heteroatoms. The number of ether oxygens (including phenoxy) is 1. The Morgan fingerprint density at radius 2 is 2.00 bits per heavy atom. The monoisotopic (exact) mass is 248 g/mol. The molecule has 3 nitrogen and oxygen atoms in total. The first kappa shape index (κ1) is 14.4. The number of esters is 1. The summed E-state index contributed by atoms with van der Waals surface area (Å²) in [5, 5.41) is 0. The molecule has 0 aromatic rings. The topological polar surface area (TPSA) is 43.4 Å². The molecular formula is C15H20O3. The average molecular weight is 248 g/mol. The fraction of sp³-hybridized carbons (Fsp3) is 0.467. The number of allylic oxidation sites excluding steroid dienone is 3. The van der Waals surface area contributed by atoms with Crippen LogP contribution in [0, 0.1) is 5.41 Å². The average Bonchev–Trinajstić information content (AvgIpc) is 2.33. The van der Waals surface area contributed by atoms with Crippen molar-refractivity contribution >= 4 is 12.3 Å². The van der Waals surface area contributed by atoms with Crippen molar-refractivity contribution in [3.8, 4) is 0 Å². The third-order valence-electron chi connectivity index (χ3n) is 3.45. The molecule has 0 bridgehead atoms. The Hall–Kier alpha value is -1.64. The van der Waals surface area contributed by atoms with Gasteiger partial charge in [0, 0.05) is 16.6 Å². The maximum absolute atomic E-state index is 11.8. The van der Waals surface area contributed by atoms with Crippen molar-refractivity contribution in [2.24, 2.45) is 5.41 Å². The third-order valence-corrected chi connectivity index (χ3v) is 3.45. The van der Waals surface area contributed by atoms with Gasteiger partial charge in [0.25, 0.3) is 0 Å². The van der Waals surface area contributed by atoms with Crippen LogP contribution in [0.25, 0.3) is 0 Å². The van der Waals surface area contributed by atoms with Crippen LogP contribution >= 0.6 is 0 Å². The van der Waals surface area contributed by atoms with E-state index in [4.69, 9.17) is 4.74 Å². The van der Waals surface area contributed by atoms with Crippen molar-refractivity contribution < 1.29 is 14.3 Å². The standard InChI is InChI=1S/C15H20O3/c1-6-10(2)14(17)18-13-11(3)7-8-12(9-16)15(13,4)5/h6-9,13H,1-5H3. The van der Waals surface area contributed by atoms with E-state index in [9.17, 15) is 9.59 Å². The molecule has 0 radical (unpaired) electrons. The summed E-state index contributed by atoms with van der Waals surface area (Å²) in [7, 11) is 0. The Labute approximate surface area is 108 Å². The minimum absolute atomic E-state index is 0.338. The van der Waals surface area contributed by atoms with Gasteiger partial charge in [-0.3, -0.25) is 4.79 Å². The maximum atomic E-state index is 11.8. The van der Waals surface area contributed by atoms with Gasteiger partial charge in [-0.25, -0.2) is 4.79 Å². The molecule has 0 aromatic heterocycles. The first-order valence-corrected chi connectivity index (χ1v) is 6.02. The lowest BCUT2D eigenvalue weighted by atomic mass is 9.73. The van der Waals surface area contributed by atoms with E-state index in [1.165, 1.54) is 0 Å². The summed E-state index contributed by atoms with van der Waals surface area (Å²) < 4.78 is 5.53. The predicted octanol–water partition coefficient (Wildman–Crippen LogP) is 2.98. The van der Waals surface area contributed by atoms with E-state index in [-0.39, 0.29) is 5.97 Å². The molecule has 98 valence electrons. The first-order valence-electron chi connectivity index (χ1n) is 6.02. The van der Waals surface area contributed by atoms with Crippen LogP contribution in [0.1, 0.15) is 34.6 Å². The summed E-state index contributed by atoms with van der Waals surface area (Å²) in [6.07, 6.45) is 5.76. The number of hydrogen-bond acceptors (Lipinski definition) is 3. The van der Waals surface area contributed by atoms with Gasteiger partial charge < -0.3 is 4.74 Å². The first-order chi connectivity index (χ1) is 8.34. The van der Waals surface area contributed by atoms with Gasteiger partial charge >= 0.3 is 5.97 Å². The molecule has 0 spiro atoms. The molecule has 1 unspecified atom stereocenters. The summed E-state index contributed by atoms with van der Waals surface area (Å²) in [6.45, 7) is 9.23. The smallest absolute Gasteiger partial charge is 0.334 e. The predicted molar refractivity (Wildman–Crippen MR) is 71.0 cm³/mol. The minimum atomic E-state index is -0.496. The van der Waals surface area contributed by atoms with E-state index in [0.29, 0.717) is 11.1 Å². The summed E-state index contributed by atoms with van der Waals surface area (Å²) in [6, 6.07) is 0. The SMILES string of the molecule is CC=C(C)C(=O)OC1C(C)=CC=C(C=O)C1(C)C. The summed E-state index contributed by atoms with van der Waals surface area (Å²) in [4.78, 5) is 22.9. The Bertz CT molecular complexity index is 450. The lowest BCUT2D eigenvalue weighted by Gasteiger charge is -2.37. The van der Waals surface area contributed by atoms with Gasteiger partial charge in [0.15, 0.2) is 0 Å². The molecule has 18 heavy (non-hydrogen) atoms. The molecule has 1 aliphatic carbocycles. The van der Waals surface area contributed by atoms with Crippen LogP contribution in [0.2, 0.25) is 0 Å². The van der Waals surface area contributed by atoms with Crippen LogP contribution in [0.4, 0.5) is 0 Å². The summed E-state index contributed by atoms with van der Waals surface area (Å²) >= 11 is 0. The van der Waals surface area contributed by atoms with Crippen LogP contribution in [0.5, 0.6) is 0 Å². The quantitative estimate of drug-likeness (QED) is 0.438. The summed E-state index contributed by atoms with van der Waals surface area (Å²) in [5.41, 5.74) is 1.66. The molecule has 0 N–H and O–H groups in total. The molecule has 1 aliphatic rings. The van der Waals surface area contributed by atoms with Crippen molar-refractivity contribution in [2.45, 2.75) is 40.7 Å². The van der Waals surface area contributed by atoms with Crippen LogP contribution in [-0.2, 0) is 14.3 Å². The van der Waals surface area contributed by atoms with Gasteiger partial charge in [0.05, 0.1) is 0 Å². The number of hydrogen-bond donors (Lipinski definition) is 0. The molecule has 1 atom stereocenters. The zero-order valence-electron chi connectivity index (χ0n) is 11.6. The molecule has 0 aliphatic heterocycles. The van der Waals surface area contributed by atoms with Gasteiger partial charge in [-0.2, -0.15) is 0 Å². The van der Waals surface area contributed by atoms with Crippen molar-refractivity contribution in [2.75, 3.05) is 0 Å². The molecule has 1 rings (SSSR count). The Morgan fingerprint density at radius 3 is 2.50 bits per heavy atom. The van der Waals surface area contributed by atoms with Crippen LogP contribution in [0.15, 0.2) is 34.9 Å². The second-order valence-corrected chi connectivity index (χ2v) is 5.13. The minimum Gasteiger partial charge on any atom is -0.454 e. The lowest BCUT2D eigenvalue weighted by Crippen LogP contribution is -2.38. The number of carbonyl (C=O) groups excluding carboxylic acids is 2. The highest BCUT2D eigenvalue weighted by molar-refractivity contribution is 5.88. The van der Waals surface area contributed by atoms with E-state index in [2.05, 4.69) is 0 Å². The molecule has 0 saturated heterocycles. The van der Waals surface area contributed by atoms with Crippen molar-refractivity contribution in [3.63, 3.8) is 0 Å². The second-order valence-electron chi connectivity index (χ2n) is 5.13. The Morgan fingerprint density at radius 1 is 1.39 bits per heavy atom. The van der Waals surface area contributed by atoms with Crippen molar-refractivity contribution in [1.82, 2.24) is 0 Å². The van der Waals surface area contributed by atoms with Gasteiger partial charge in [-0.05, 0) is 26.3 Å². The largest absolute Gasteiger partial charge is 0.454 e. The van der Waals surface area contributed by atoms with E-state index >= 15 is 0 Å². The van der Waals surface area contributed by atoms with Crippen molar-refractivity contribution in [1.29, 1.82) is 0 Å². The molecule has 0 saturated carbocycles. The summed E-state index contributed by atoms with van der Waals surface area (Å²) in [5.74, 6) is -0.338. The normalized spacial score (nSPS) is 22.9. The highest BCUT2D eigenvalue weighted by Gasteiger charge is 2.39. The molecule has 0 aromatic carbocycles.